The number of fused-ring (bicyclic) bond motifs is 1. The molecule has 0 N–H and O–H groups in total. The average molecular weight is 265 g/mol. The first-order valence-corrected chi connectivity index (χ1v) is 6.68. The molecule has 4 heteroatoms. The molecule has 0 spiro atoms. The van der Waals surface area contributed by atoms with Crippen molar-refractivity contribution >= 4 is 10.9 Å². The van der Waals surface area contributed by atoms with E-state index < -0.39 is 0 Å². The zero-order chi connectivity index (χ0) is 13.8. The molecule has 1 aromatic carbocycles. The lowest BCUT2D eigenvalue weighted by molar-refractivity contribution is 0.617. The Morgan fingerprint density at radius 1 is 1.10 bits per heavy atom. The molecule has 0 saturated heterocycles. The maximum atomic E-state index is 12.3. The normalized spacial score (nSPS) is 10.8. The Bertz CT molecular complexity index is 765. The molecule has 3 aromatic rings. The Kier molecular flexibility index (Phi) is 3.54. The summed E-state index contributed by atoms with van der Waals surface area (Å²) in [5, 5.41) is 0.627. The first-order chi connectivity index (χ1) is 9.84. The second-order valence-corrected chi connectivity index (χ2v) is 4.73. The van der Waals surface area contributed by atoms with Crippen LogP contribution in [0, 0.1) is 0 Å². The molecule has 2 heterocycles. The molecule has 0 aliphatic heterocycles. The lowest BCUT2D eigenvalue weighted by Crippen LogP contribution is -2.21. The number of benzene rings is 1. The van der Waals surface area contributed by atoms with Crippen molar-refractivity contribution in [3.05, 3.63) is 71.0 Å². The van der Waals surface area contributed by atoms with Gasteiger partial charge in [0.05, 0.1) is 23.4 Å². The highest BCUT2D eigenvalue weighted by Crippen LogP contribution is 2.05. The summed E-state index contributed by atoms with van der Waals surface area (Å²) in [6.07, 6.45) is 6.73. The average Bonchev–Trinajstić information content (AvgIpc) is 2.51. The summed E-state index contributed by atoms with van der Waals surface area (Å²) in [7, 11) is 0. The Hall–Kier alpha value is -2.49. The lowest BCUT2D eigenvalue weighted by Gasteiger charge is -2.06. The van der Waals surface area contributed by atoms with E-state index in [1.54, 1.807) is 29.4 Å². The van der Waals surface area contributed by atoms with E-state index in [1.165, 1.54) is 5.56 Å². The fourth-order valence-corrected chi connectivity index (χ4v) is 2.27. The first-order valence-electron chi connectivity index (χ1n) is 6.68. The summed E-state index contributed by atoms with van der Waals surface area (Å²) < 4.78 is 1.67. The van der Waals surface area contributed by atoms with E-state index in [1.807, 2.05) is 18.2 Å². The second-order valence-electron chi connectivity index (χ2n) is 4.73. The van der Waals surface area contributed by atoms with Gasteiger partial charge in [0.25, 0.3) is 5.56 Å². The summed E-state index contributed by atoms with van der Waals surface area (Å²) >= 11 is 0. The van der Waals surface area contributed by atoms with Gasteiger partial charge in [0, 0.05) is 12.7 Å². The van der Waals surface area contributed by atoms with Crippen molar-refractivity contribution in [1.82, 2.24) is 14.5 Å². The highest BCUT2D eigenvalue weighted by Gasteiger charge is 2.03. The highest BCUT2D eigenvalue weighted by molar-refractivity contribution is 5.75. The first kappa shape index (κ1) is 12.5. The van der Waals surface area contributed by atoms with Crippen molar-refractivity contribution < 1.29 is 0 Å². The van der Waals surface area contributed by atoms with Crippen LogP contribution in [0.3, 0.4) is 0 Å². The molecule has 0 amide bonds. The molecule has 3 rings (SSSR count). The molecule has 2 aromatic heterocycles. The molecule has 0 bridgehead atoms. The van der Waals surface area contributed by atoms with E-state index in [0.717, 1.165) is 12.8 Å². The number of aryl methyl sites for hydroxylation is 2. The van der Waals surface area contributed by atoms with Gasteiger partial charge in [0.1, 0.15) is 0 Å². The Morgan fingerprint density at radius 2 is 1.95 bits per heavy atom. The second kappa shape index (κ2) is 5.65. The van der Waals surface area contributed by atoms with Crippen LogP contribution in [0.25, 0.3) is 10.9 Å². The van der Waals surface area contributed by atoms with Crippen LogP contribution in [-0.2, 0) is 13.0 Å². The minimum atomic E-state index is 0.00506. The van der Waals surface area contributed by atoms with Crippen LogP contribution < -0.4 is 5.56 Å². The van der Waals surface area contributed by atoms with Crippen LogP contribution in [0.15, 0.2) is 59.9 Å². The van der Waals surface area contributed by atoms with E-state index >= 15 is 0 Å². The molecular weight excluding hydrogens is 250 g/mol. The quantitative estimate of drug-likeness (QED) is 0.728. The highest BCUT2D eigenvalue weighted by atomic mass is 16.1. The molecule has 0 aliphatic carbocycles. The van der Waals surface area contributed by atoms with Crippen LogP contribution in [-0.4, -0.2) is 14.5 Å². The summed E-state index contributed by atoms with van der Waals surface area (Å²) in [5.74, 6) is 0. The van der Waals surface area contributed by atoms with E-state index in [9.17, 15) is 4.79 Å². The third kappa shape index (κ3) is 2.59. The predicted molar refractivity (Wildman–Crippen MR) is 78.6 cm³/mol. The lowest BCUT2D eigenvalue weighted by atomic mass is 10.1. The fourth-order valence-electron chi connectivity index (χ4n) is 2.27. The van der Waals surface area contributed by atoms with E-state index in [0.29, 0.717) is 17.4 Å². The van der Waals surface area contributed by atoms with Gasteiger partial charge in [-0.15, -0.1) is 0 Å². The topological polar surface area (TPSA) is 47.8 Å². The summed E-state index contributed by atoms with van der Waals surface area (Å²) in [5.41, 5.74) is 1.95. The molecule has 0 fully saturated rings. The van der Waals surface area contributed by atoms with Crippen LogP contribution in [0.5, 0.6) is 0 Å². The van der Waals surface area contributed by atoms with Crippen molar-refractivity contribution in [2.24, 2.45) is 0 Å². The van der Waals surface area contributed by atoms with Crippen molar-refractivity contribution in [2.75, 3.05) is 0 Å². The zero-order valence-corrected chi connectivity index (χ0v) is 11.1. The summed E-state index contributed by atoms with van der Waals surface area (Å²) in [4.78, 5) is 20.5. The molecule has 100 valence electrons. The zero-order valence-electron chi connectivity index (χ0n) is 11.1. The maximum absolute atomic E-state index is 12.3. The number of pyridine rings is 1. The van der Waals surface area contributed by atoms with E-state index in [4.69, 9.17) is 0 Å². The smallest absolute Gasteiger partial charge is 0.261 e. The SMILES string of the molecule is O=c1c2ccncc2ncn1CCCc1ccccc1. The van der Waals surface area contributed by atoms with Crippen LogP contribution in [0.1, 0.15) is 12.0 Å². The number of hydrogen-bond donors (Lipinski definition) is 0. The summed E-state index contributed by atoms with van der Waals surface area (Å²) in [6, 6.07) is 12.0. The molecule has 0 unspecified atom stereocenters. The standard InChI is InChI=1S/C16H15N3O/c20-16-14-8-9-17-11-15(14)18-12-19(16)10-4-7-13-5-2-1-3-6-13/h1-3,5-6,8-9,11-12H,4,7,10H2. The van der Waals surface area contributed by atoms with Gasteiger partial charge in [0.15, 0.2) is 0 Å². The fraction of sp³-hybridized carbons (Fsp3) is 0.188. The Labute approximate surface area is 116 Å². The van der Waals surface area contributed by atoms with Gasteiger partial charge >= 0.3 is 0 Å². The Morgan fingerprint density at radius 3 is 2.80 bits per heavy atom. The summed E-state index contributed by atoms with van der Waals surface area (Å²) in [6.45, 7) is 0.680. The Balaban J connectivity index is 1.75. The number of aromatic nitrogens is 3. The van der Waals surface area contributed by atoms with E-state index in [-0.39, 0.29) is 5.56 Å². The van der Waals surface area contributed by atoms with Gasteiger partial charge in [0.2, 0.25) is 0 Å². The number of hydrogen-bond acceptors (Lipinski definition) is 3. The van der Waals surface area contributed by atoms with Gasteiger partial charge in [-0.05, 0) is 24.5 Å². The maximum Gasteiger partial charge on any atom is 0.261 e. The van der Waals surface area contributed by atoms with Crippen LogP contribution in [0.2, 0.25) is 0 Å². The predicted octanol–water partition coefficient (Wildman–Crippen LogP) is 2.42. The van der Waals surface area contributed by atoms with Gasteiger partial charge < -0.3 is 0 Å². The van der Waals surface area contributed by atoms with Crippen molar-refractivity contribution in [1.29, 1.82) is 0 Å². The van der Waals surface area contributed by atoms with Gasteiger partial charge in [-0.3, -0.25) is 14.3 Å². The van der Waals surface area contributed by atoms with Gasteiger partial charge in [-0.1, -0.05) is 30.3 Å². The van der Waals surface area contributed by atoms with Crippen molar-refractivity contribution in [3.8, 4) is 0 Å². The monoisotopic (exact) mass is 265 g/mol. The molecular formula is C16H15N3O. The number of rotatable bonds is 4. The molecule has 0 radical (unpaired) electrons. The van der Waals surface area contributed by atoms with E-state index in [2.05, 4.69) is 22.1 Å². The molecule has 0 saturated carbocycles. The minimum absolute atomic E-state index is 0.00506. The molecule has 20 heavy (non-hydrogen) atoms. The van der Waals surface area contributed by atoms with Crippen molar-refractivity contribution in [3.63, 3.8) is 0 Å². The molecule has 0 aliphatic rings. The molecule has 4 nitrogen and oxygen atoms in total. The van der Waals surface area contributed by atoms with Crippen molar-refractivity contribution in [2.45, 2.75) is 19.4 Å². The largest absolute Gasteiger partial charge is 0.299 e. The third-order valence-electron chi connectivity index (χ3n) is 3.33. The van der Waals surface area contributed by atoms with Crippen LogP contribution >= 0.6 is 0 Å². The van der Waals surface area contributed by atoms with Gasteiger partial charge in [-0.2, -0.15) is 0 Å². The molecule has 0 atom stereocenters. The number of nitrogens with zero attached hydrogens (tertiary/aromatic N) is 3. The van der Waals surface area contributed by atoms with Gasteiger partial charge in [-0.25, -0.2) is 4.98 Å². The third-order valence-corrected chi connectivity index (χ3v) is 3.33. The minimum Gasteiger partial charge on any atom is -0.299 e. The van der Waals surface area contributed by atoms with Crippen LogP contribution in [0.4, 0.5) is 0 Å².